The molecular formula is C19H19N3O6. The maximum atomic E-state index is 12.6. The molecule has 9 nitrogen and oxygen atoms in total. The van der Waals surface area contributed by atoms with Crippen LogP contribution in [-0.2, 0) is 11.3 Å². The van der Waals surface area contributed by atoms with Crippen molar-refractivity contribution in [2.45, 2.75) is 19.5 Å². The topological polar surface area (TPSA) is 111 Å². The van der Waals surface area contributed by atoms with Gasteiger partial charge in [0, 0.05) is 31.3 Å². The van der Waals surface area contributed by atoms with Gasteiger partial charge in [-0.2, -0.15) is 0 Å². The lowest BCUT2D eigenvalue weighted by molar-refractivity contribution is -0.384. The van der Waals surface area contributed by atoms with E-state index in [1.54, 1.807) is 26.1 Å². The van der Waals surface area contributed by atoms with Gasteiger partial charge in [-0.3, -0.25) is 19.7 Å². The van der Waals surface area contributed by atoms with E-state index in [0.717, 1.165) is 5.56 Å². The van der Waals surface area contributed by atoms with Crippen LogP contribution in [0.1, 0.15) is 22.8 Å². The molecule has 9 heteroatoms. The largest absolute Gasteiger partial charge is 0.454 e. The minimum atomic E-state index is -0.800. The first-order valence-electron chi connectivity index (χ1n) is 8.54. The fourth-order valence-corrected chi connectivity index (χ4v) is 2.82. The van der Waals surface area contributed by atoms with Gasteiger partial charge >= 0.3 is 0 Å². The van der Waals surface area contributed by atoms with Gasteiger partial charge in [0.15, 0.2) is 11.5 Å². The SMILES string of the molecule is CC(NC(=O)c1cccc([N+](=O)[O-])c1)C(=O)N(C)Cc1ccc2c(c1)OCO2. The van der Waals surface area contributed by atoms with E-state index >= 15 is 0 Å². The van der Waals surface area contributed by atoms with Crippen molar-refractivity contribution in [2.24, 2.45) is 0 Å². The van der Waals surface area contributed by atoms with Gasteiger partial charge in [-0.05, 0) is 30.7 Å². The number of carbonyl (C=O) groups excluding carboxylic acids is 2. The summed E-state index contributed by atoms with van der Waals surface area (Å²) in [6.07, 6.45) is 0. The number of carbonyl (C=O) groups is 2. The number of ether oxygens (including phenoxy) is 2. The first kappa shape index (κ1) is 19.2. The Bertz CT molecular complexity index is 930. The molecule has 0 spiro atoms. The van der Waals surface area contributed by atoms with E-state index in [1.165, 1.54) is 29.2 Å². The number of non-ortho nitro benzene ring substituents is 1. The van der Waals surface area contributed by atoms with Gasteiger partial charge in [0.05, 0.1) is 4.92 Å². The molecule has 2 amide bonds. The Balaban J connectivity index is 1.61. The van der Waals surface area contributed by atoms with Crippen LogP contribution in [0, 0.1) is 10.1 Å². The second-order valence-electron chi connectivity index (χ2n) is 6.38. The summed E-state index contributed by atoms with van der Waals surface area (Å²) in [6.45, 7) is 2.06. The summed E-state index contributed by atoms with van der Waals surface area (Å²) in [5.41, 5.74) is 0.788. The first-order valence-corrected chi connectivity index (χ1v) is 8.54. The highest BCUT2D eigenvalue weighted by Gasteiger charge is 2.22. The predicted octanol–water partition coefficient (Wildman–Crippen LogP) is 2.10. The van der Waals surface area contributed by atoms with Crippen LogP contribution >= 0.6 is 0 Å². The molecule has 1 unspecified atom stereocenters. The summed E-state index contributed by atoms with van der Waals surface area (Å²) < 4.78 is 10.6. The molecule has 1 aliphatic heterocycles. The van der Waals surface area contributed by atoms with Crippen molar-refractivity contribution >= 4 is 17.5 Å². The lowest BCUT2D eigenvalue weighted by Crippen LogP contribution is -2.45. The Morgan fingerprint density at radius 3 is 2.71 bits per heavy atom. The van der Waals surface area contributed by atoms with Crippen molar-refractivity contribution in [3.8, 4) is 11.5 Å². The number of hydrogen-bond donors (Lipinski definition) is 1. The number of benzene rings is 2. The molecule has 3 rings (SSSR count). The van der Waals surface area contributed by atoms with Crippen LogP contribution < -0.4 is 14.8 Å². The third-order valence-electron chi connectivity index (χ3n) is 4.27. The zero-order chi connectivity index (χ0) is 20.3. The Kier molecular flexibility index (Phi) is 5.44. The number of fused-ring (bicyclic) bond motifs is 1. The van der Waals surface area contributed by atoms with Crippen LogP contribution in [0.5, 0.6) is 11.5 Å². The van der Waals surface area contributed by atoms with E-state index in [0.29, 0.717) is 18.0 Å². The molecule has 2 aromatic carbocycles. The molecule has 0 saturated heterocycles. The lowest BCUT2D eigenvalue weighted by atomic mass is 10.1. The molecular weight excluding hydrogens is 366 g/mol. The van der Waals surface area contributed by atoms with Crippen LogP contribution in [0.3, 0.4) is 0 Å². The van der Waals surface area contributed by atoms with E-state index in [9.17, 15) is 19.7 Å². The minimum Gasteiger partial charge on any atom is -0.454 e. The van der Waals surface area contributed by atoms with E-state index in [2.05, 4.69) is 5.32 Å². The van der Waals surface area contributed by atoms with Gasteiger partial charge in [0.25, 0.3) is 11.6 Å². The summed E-state index contributed by atoms with van der Waals surface area (Å²) in [6, 6.07) is 9.96. The number of rotatable bonds is 6. The molecule has 0 fully saturated rings. The second-order valence-corrected chi connectivity index (χ2v) is 6.38. The maximum Gasteiger partial charge on any atom is 0.270 e. The average Bonchev–Trinajstić information content (AvgIpc) is 3.15. The number of amides is 2. The molecule has 0 aliphatic carbocycles. The summed E-state index contributed by atoms with van der Waals surface area (Å²) >= 11 is 0. The van der Waals surface area contributed by atoms with Crippen LogP contribution in [0.2, 0.25) is 0 Å². The van der Waals surface area contributed by atoms with Gasteiger partial charge in [-0.15, -0.1) is 0 Å². The molecule has 0 radical (unpaired) electrons. The highest BCUT2D eigenvalue weighted by Crippen LogP contribution is 2.32. The first-order chi connectivity index (χ1) is 13.3. The zero-order valence-electron chi connectivity index (χ0n) is 15.4. The monoisotopic (exact) mass is 385 g/mol. The van der Waals surface area contributed by atoms with Gasteiger partial charge < -0.3 is 19.7 Å². The van der Waals surface area contributed by atoms with Crippen LogP contribution in [-0.4, -0.2) is 41.5 Å². The van der Waals surface area contributed by atoms with E-state index in [-0.39, 0.29) is 24.0 Å². The standard InChI is InChI=1S/C19H19N3O6/c1-12(20-18(23)14-4-3-5-15(9-14)22(25)26)19(24)21(2)10-13-6-7-16-17(8-13)28-11-27-16/h3-9,12H,10-11H2,1-2H3,(H,20,23). The number of nitrogens with one attached hydrogen (secondary N) is 1. The number of nitro benzene ring substituents is 1. The molecule has 28 heavy (non-hydrogen) atoms. The summed E-state index contributed by atoms with van der Waals surface area (Å²) in [4.78, 5) is 36.6. The van der Waals surface area contributed by atoms with Crippen molar-refractivity contribution in [2.75, 3.05) is 13.8 Å². The second kappa shape index (κ2) is 7.95. The van der Waals surface area contributed by atoms with Gasteiger partial charge in [0.2, 0.25) is 12.7 Å². The summed E-state index contributed by atoms with van der Waals surface area (Å²) in [5, 5.41) is 13.4. The lowest BCUT2D eigenvalue weighted by Gasteiger charge is -2.22. The Morgan fingerprint density at radius 2 is 1.96 bits per heavy atom. The average molecular weight is 385 g/mol. The van der Waals surface area contributed by atoms with Gasteiger partial charge in [-0.1, -0.05) is 12.1 Å². The van der Waals surface area contributed by atoms with E-state index in [4.69, 9.17) is 9.47 Å². The van der Waals surface area contributed by atoms with Crippen molar-refractivity contribution in [1.29, 1.82) is 0 Å². The fraction of sp³-hybridized carbons (Fsp3) is 0.263. The molecule has 146 valence electrons. The van der Waals surface area contributed by atoms with Crippen LogP contribution in [0.25, 0.3) is 0 Å². The molecule has 2 aromatic rings. The van der Waals surface area contributed by atoms with Crippen molar-refractivity contribution < 1.29 is 24.0 Å². The smallest absolute Gasteiger partial charge is 0.270 e. The summed E-state index contributed by atoms with van der Waals surface area (Å²) in [5.74, 6) is 0.443. The van der Waals surface area contributed by atoms with Gasteiger partial charge in [0.1, 0.15) is 6.04 Å². The Labute approximate surface area is 161 Å². The highest BCUT2D eigenvalue weighted by atomic mass is 16.7. The quantitative estimate of drug-likeness (QED) is 0.602. The number of hydrogen-bond acceptors (Lipinski definition) is 6. The number of nitrogens with zero attached hydrogens (tertiary/aromatic N) is 2. The van der Waals surface area contributed by atoms with Crippen molar-refractivity contribution in [3.05, 3.63) is 63.7 Å². The molecule has 0 bridgehead atoms. The molecule has 1 aliphatic rings. The summed E-state index contributed by atoms with van der Waals surface area (Å²) in [7, 11) is 1.63. The maximum absolute atomic E-state index is 12.6. The molecule has 0 aromatic heterocycles. The highest BCUT2D eigenvalue weighted by molar-refractivity contribution is 5.97. The fourth-order valence-electron chi connectivity index (χ4n) is 2.82. The third kappa shape index (κ3) is 4.20. The van der Waals surface area contributed by atoms with Crippen molar-refractivity contribution in [1.82, 2.24) is 10.2 Å². The predicted molar refractivity (Wildman–Crippen MR) is 99.1 cm³/mol. The molecule has 1 heterocycles. The van der Waals surface area contributed by atoms with E-state index < -0.39 is 16.9 Å². The number of likely N-dealkylation sites (N-methyl/N-ethyl adjacent to an activating group) is 1. The van der Waals surface area contributed by atoms with Crippen LogP contribution in [0.15, 0.2) is 42.5 Å². The third-order valence-corrected chi connectivity index (χ3v) is 4.27. The van der Waals surface area contributed by atoms with Crippen molar-refractivity contribution in [3.63, 3.8) is 0 Å². The molecule has 0 saturated carbocycles. The normalized spacial score (nSPS) is 12.9. The van der Waals surface area contributed by atoms with Crippen LogP contribution in [0.4, 0.5) is 5.69 Å². The number of nitro groups is 1. The zero-order valence-corrected chi connectivity index (χ0v) is 15.4. The molecule has 1 atom stereocenters. The minimum absolute atomic E-state index is 0.118. The molecule has 1 N–H and O–H groups in total. The Morgan fingerprint density at radius 1 is 1.21 bits per heavy atom. The van der Waals surface area contributed by atoms with E-state index in [1.807, 2.05) is 6.07 Å². The van der Waals surface area contributed by atoms with Gasteiger partial charge in [-0.25, -0.2) is 0 Å². The Hall–Kier alpha value is -3.62.